The van der Waals surface area contributed by atoms with Crippen LogP contribution in [0.5, 0.6) is 0 Å². The quantitative estimate of drug-likeness (QED) is 0.283. The lowest BCUT2D eigenvalue weighted by Crippen LogP contribution is -2.06. The largest absolute Gasteiger partial charge is 0.457 e. The van der Waals surface area contributed by atoms with Crippen LogP contribution >= 0.6 is 11.6 Å². The van der Waals surface area contributed by atoms with Gasteiger partial charge in [-0.3, -0.25) is 0 Å². The standard InChI is InChI=1S/C17H13ClN2O2/c1-3-6-22-17(21)14(10-19)9-13-8-12-5-4-11(2)7-15(12)20-16(13)18/h3-5,7-9H,1,6H2,2H3/b14-9+. The number of pyridine rings is 1. The van der Waals surface area contributed by atoms with Crippen LogP contribution < -0.4 is 0 Å². The smallest absolute Gasteiger partial charge is 0.349 e. The fourth-order valence-corrected chi connectivity index (χ4v) is 2.08. The van der Waals surface area contributed by atoms with Crippen LogP contribution in [0.4, 0.5) is 0 Å². The summed E-state index contributed by atoms with van der Waals surface area (Å²) in [6.45, 7) is 5.45. The molecule has 0 saturated carbocycles. The van der Waals surface area contributed by atoms with Gasteiger partial charge in [-0.2, -0.15) is 5.26 Å². The van der Waals surface area contributed by atoms with Crippen LogP contribution in [0.25, 0.3) is 17.0 Å². The second kappa shape index (κ2) is 6.88. The molecule has 2 rings (SSSR count). The monoisotopic (exact) mass is 312 g/mol. The Bertz CT molecular complexity index is 819. The van der Waals surface area contributed by atoms with E-state index >= 15 is 0 Å². The van der Waals surface area contributed by atoms with Crippen molar-refractivity contribution in [3.05, 3.63) is 58.8 Å². The molecule has 4 nitrogen and oxygen atoms in total. The van der Waals surface area contributed by atoms with Crippen LogP contribution in [-0.2, 0) is 9.53 Å². The van der Waals surface area contributed by atoms with Crippen LogP contribution in [0.2, 0.25) is 5.15 Å². The first-order chi connectivity index (χ1) is 10.5. The van der Waals surface area contributed by atoms with Crippen LogP contribution in [0, 0.1) is 18.3 Å². The maximum Gasteiger partial charge on any atom is 0.349 e. The molecule has 0 radical (unpaired) electrons. The molecule has 0 aliphatic rings. The van der Waals surface area contributed by atoms with Gasteiger partial charge in [0.2, 0.25) is 0 Å². The number of halogens is 1. The van der Waals surface area contributed by atoms with E-state index in [1.165, 1.54) is 12.2 Å². The summed E-state index contributed by atoms with van der Waals surface area (Å²) in [5.74, 6) is -0.720. The molecule has 0 unspecified atom stereocenters. The third kappa shape index (κ3) is 3.51. The molecule has 1 aromatic heterocycles. The maximum absolute atomic E-state index is 11.7. The zero-order chi connectivity index (χ0) is 16.1. The van der Waals surface area contributed by atoms with Crippen molar-refractivity contribution in [3.8, 4) is 6.07 Å². The highest BCUT2D eigenvalue weighted by Crippen LogP contribution is 2.23. The highest BCUT2D eigenvalue weighted by molar-refractivity contribution is 6.31. The summed E-state index contributed by atoms with van der Waals surface area (Å²) in [4.78, 5) is 16.0. The number of hydrogen-bond acceptors (Lipinski definition) is 4. The predicted molar refractivity (Wildman–Crippen MR) is 86.2 cm³/mol. The summed E-state index contributed by atoms with van der Waals surface area (Å²) < 4.78 is 4.85. The molecule has 0 fully saturated rings. The molecule has 0 aliphatic carbocycles. The van der Waals surface area contributed by atoms with Crippen LogP contribution in [0.15, 0.2) is 42.5 Å². The van der Waals surface area contributed by atoms with Crippen molar-refractivity contribution in [2.24, 2.45) is 0 Å². The number of hydrogen-bond donors (Lipinski definition) is 0. The summed E-state index contributed by atoms with van der Waals surface area (Å²) >= 11 is 6.13. The van der Waals surface area contributed by atoms with Gasteiger partial charge in [0.25, 0.3) is 0 Å². The van der Waals surface area contributed by atoms with Gasteiger partial charge in [-0.05, 0) is 30.7 Å². The number of nitriles is 1. The van der Waals surface area contributed by atoms with Gasteiger partial charge in [-0.25, -0.2) is 9.78 Å². The van der Waals surface area contributed by atoms with Crippen molar-refractivity contribution >= 4 is 34.5 Å². The minimum Gasteiger partial charge on any atom is -0.457 e. The van der Waals surface area contributed by atoms with Gasteiger partial charge in [-0.15, -0.1) is 0 Å². The molecule has 0 N–H and O–H groups in total. The van der Waals surface area contributed by atoms with Crippen molar-refractivity contribution in [2.75, 3.05) is 6.61 Å². The second-order valence-electron chi connectivity index (χ2n) is 4.62. The van der Waals surface area contributed by atoms with Gasteiger partial charge in [0, 0.05) is 10.9 Å². The molecule has 2 aromatic rings. The third-order valence-corrected chi connectivity index (χ3v) is 3.23. The molecular formula is C17H13ClN2O2. The molecule has 0 spiro atoms. The Kier molecular flexibility index (Phi) is 4.92. The van der Waals surface area contributed by atoms with E-state index in [0.717, 1.165) is 16.5 Å². The molecule has 0 saturated heterocycles. The molecule has 1 heterocycles. The van der Waals surface area contributed by atoms with E-state index in [-0.39, 0.29) is 17.3 Å². The molecule has 0 bridgehead atoms. The number of nitrogens with zero attached hydrogens (tertiary/aromatic N) is 2. The minimum absolute atomic E-state index is 0.0425. The first-order valence-corrected chi connectivity index (χ1v) is 6.89. The van der Waals surface area contributed by atoms with Crippen LogP contribution in [-0.4, -0.2) is 17.6 Å². The Morgan fingerprint density at radius 2 is 2.27 bits per heavy atom. The maximum atomic E-state index is 11.7. The van der Waals surface area contributed by atoms with E-state index in [0.29, 0.717) is 5.56 Å². The fourth-order valence-electron chi connectivity index (χ4n) is 1.88. The summed E-state index contributed by atoms with van der Waals surface area (Å²) in [6.07, 6.45) is 2.81. The van der Waals surface area contributed by atoms with Gasteiger partial charge >= 0.3 is 5.97 Å². The second-order valence-corrected chi connectivity index (χ2v) is 4.98. The van der Waals surface area contributed by atoms with Crippen LogP contribution in [0.1, 0.15) is 11.1 Å². The van der Waals surface area contributed by atoms with Crippen molar-refractivity contribution < 1.29 is 9.53 Å². The van der Waals surface area contributed by atoms with E-state index in [2.05, 4.69) is 11.6 Å². The third-order valence-electron chi connectivity index (χ3n) is 2.93. The zero-order valence-electron chi connectivity index (χ0n) is 12.0. The Hall–Kier alpha value is -2.64. The average Bonchev–Trinajstić information content (AvgIpc) is 2.50. The molecular weight excluding hydrogens is 300 g/mol. The zero-order valence-corrected chi connectivity index (χ0v) is 12.7. The van der Waals surface area contributed by atoms with Crippen molar-refractivity contribution in [1.82, 2.24) is 4.98 Å². The normalized spacial score (nSPS) is 11.0. The number of ether oxygens (including phenoxy) is 1. The molecule has 110 valence electrons. The lowest BCUT2D eigenvalue weighted by Gasteiger charge is -2.04. The Balaban J connectivity index is 2.45. The van der Waals surface area contributed by atoms with Gasteiger partial charge in [-0.1, -0.05) is 36.4 Å². The number of fused-ring (bicyclic) bond motifs is 1. The number of carbonyl (C=O) groups is 1. The molecule has 0 aliphatic heterocycles. The number of rotatable bonds is 4. The van der Waals surface area contributed by atoms with E-state index in [1.807, 2.05) is 31.2 Å². The minimum atomic E-state index is -0.720. The summed E-state index contributed by atoms with van der Waals surface area (Å²) in [6, 6.07) is 9.37. The van der Waals surface area contributed by atoms with Gasteiger partial charge in [0.15, 0.2) is 0 Å². The van der Waals surface area contributed by atoms with E-state index in [4.69, 9.17) is 21.6 Å². The number of aryl methyl sites for hydroxylation is 1. The summed E-state index contributed by atoms with van der Waals surface area (Å²) in [5.41, 5.74) is 2.18. The van der Waals surface area contributed by atoms with Crippen molar-refractivity contribution in [1.29, 1.82) is 5.26 Å². The number of benzene rings is 1. The molecule has 5 heteroatoms. The van der Waals surface area contributed by atoms with Crippen LogP contribution in [0.3, 0.4) is 0 Å². The average molecular weight is 313 g/mol. The Labute approximate surface area is 133 Å². The number of carbonyl (C=O) groups excluding carboxylic acids is 1. The highest BCUT2D eigenvalue weighted by Gasteiger charge is 2.12. The predicted octanol–water partition coefficient (Wildman–Crippen LogP) is 3.83. The topological polar surface area (TPSA) is 63.0 Å². The van der Waals surface area contributed by atoms with E-state index < -0.39 is 5.97 Å². The van der Waals surface area contributed by atoms with Gasteiger partial charge in [0.1, 0.15) is 23.4 Å². The van der Waals surface area contributed by atoms with E-state index in [1.54, 1.807) is 6.07 Å². The first-order valence-electron chi connectivity index (χ1n) is 6.52. The number of aromatic nitrogens is 1. The summed E-state index contributed by atoms with van der Waals surface area (Å²) in [5, 5.41) is 10.2. The number of esters is 1. The lowest BCUT2D eigenvalue weighted by atomic mass is 10.1. The molecule has 1 aromatic carbocycles. The first kappa shape index (κ1) is 15.7. The Morgan fingerprint density at radius 1 is 1.50 bits per heavy atom. The molecule has 0 atom stereocenters. The lowest BCUT2D eigenvalue weighted by molar-refractivity contribution is -0.137. The van der Waals surface area contributed by atoms with E-state index in [9.17, 15) is 4.79 Å². The summed E-state index contributed by atoms with van der Waals surface area (Å²) in [7, 11) is 0. The Morgan fingerprint density at radius 3 is 2.95 bits per heavy atom. The fraction of sp³-hybridized carbons (Fsp3) is 0.118. The van der Waals surface area contributed by atoms with Gasteiger partial charge < -0.3 is 4.74 Å². The van der Waals surface area contributed by atoms with Crippen molar-refractivity contribution in [3.63, 3.8) is 0 Å². The van der Waals surface area contributed by atoms with Crippen molar-refractivity contribution in [2.45, 2.75) is 6.92 Å². The van der Waals surface area contributed by atoms with Gasteiger partial charge in [0.05, 0.1) is 5.52 Å². The molecule has 22 heavy (non-hydrogen) atoms. The SMILES string of the molecule is C=CCOC(=O)/C(C#N)=C/c1cc2ccc(C)cc2nc1Cl. The highest BCUT2D eigenvalue weighted by atomic mass is 35.5. The molecule has 0 amide bonds.